The highest BCUT2D eigenvalue weighted by atomic mass is 16.5. The van der Waals surface area contributed by atoms with Crippen LogP contribution < -0.4 is 10.2 Å². The van der Waals surface area contributed by atoms with Crippen molar-refractivity contribution in [1.29, 1.82) is 0 Å². The molecule has 6 heteroatoms. The zero-order chi connectivity index (χ0) is 16.1. The summed E-state index contributed by atoms with van der Waals surface area (Å²) in [6, 6.07) is 8.26. The third kappa shape index (κ3) is 3.96. The molecular formula is C17H23N5O. The van der Waals surface area contributed by atoms with Gasteiger partial charge in [-0.15, -0.1) is 0 Å². The van der Waals surface area contributed by atoms with E-state index in [1.807, 2.05) is 42.4 Å². The first-order valence-corrected chi connectivity index (χ1v) is 8.05. The lowest BCUT2D eigenvalue weighted by molar-refractivity contribution is 0.0875. The maximum absolute atomic E-state index is 5.50. The molecule has 1 N–H and O–H groups in total. The molecule has 1 saturated heterocycles. The van der Waals surface area contributed by atoms with Crippen LogP contribution in [-0.4, -0.2) is 41.3 Å². The average Bonchev–Trinajstić information content (AvgIpc) is 2.62. The van der Waals surface area contributed by atoms with Gasteiger partial charge in [-0.1, -0.05) is 6.07 Å². The smallest absolute Gasteiger partial charge is 0.227 e. The van der Waals surface area contributed by atoms with Gasteiger partial charge < -0.3 is 15.0 Å². The molecule has 1 fully saturated rings. The molecule has 3 heterocycles. The SMILES string of the molecule is C[C@H](c1ccccn1)N(C)c1nccc(N[C@@H]2CCCOC2)n1. The van der Waals surface area contributed by atoms with Crippen molar-refractivity contribution in [2.45, 2.75) is 31.8 Å². The van der Waals surface area contributed by atoms with Crippen LogP contribution in [0.3, 0.4) is 0 Å². The van der Waals surface area contributed by atoms with E-state index < -0.39 is 0 Å². The molecule has 2 aromatic heterocycles. The molecule has 2 atom stereocenters. The Morgan fingerprint density at radius 3 is 2.91 bits per heavy atom. The molecule has 0 unspecified atom stereocenters. The number of rotatable bonds is 5. The van der Waals surface area contributed by atoms with E-state index in [0.717, 1.165) is 37.6 Å². The van der Waals surface area contributed by atoms with Crippen molar-refractivity contribution in [2.24, 2.45) is 0 Å². The highest BCUT2D eigenvalue weighted by molar-refractivity contribution is 5.42. The van der Waals surface area contributed by atoms with Gasteiger partial charge in [0, 0.05) is 26.0 Å². The summed E-state index contributed by atoms with van der Waals surface area (Å²) >= 11 is 0. The Kier molecular flexibility index (Phi) is 5.02. The number of nitrogens with zero attached hydrogens (tertiary/aromatic N) is 4. The average molecular weight is 313 g/mol. The topological polar surface area (TPSA) is 63.2 Å². The zero-order valence-electron chi connectivity index (χ0n) is 13.6. The standard InChI is InChI=1S/C17H23N5O/c1-13(15-7-3-4-9-18-15)22(2)17-19-10-8-16(21-17)20-14-6-5-11-23-12-14/h3-4,7-10,13-14H,5-6,11-12H2,1-2H3,(H,19,20,21)/t13-,14-/m1/s1. The summed E-state index contributed by atoms with van der Waals surface area (Å²) in [5.74, 6) is 1.52. The van der Waals surface area contributed by atoms with E-state index in [4.69, 9.17) is 4.74 Å². The van der Waals surface area contributed by atoms with Crippen molar-refractivity contribution in [3.8, 4) is 0 Å². The van der Waals surface area contributed by atoms with Gasteiger partial charge in [0.15, 0.2) is 0 Å². The highest BCUT2D eigenvalue weighted by Crippen LogP contribution is 2.22. The van der Waals surface area contributed by atoms with Gasteiger partial charge in [-0.25, -0.2) is 4.98 Å². The summed E-state index contributed by atoms with van der Waals surface area (Å²) in [7, 11) is 1.99. The maximum Gasteiger partial charge on any atom is 0.227 e. The first-order valence-electron chi connectivity index (χ1n) is 8.05. The molecule has 0 bridgehead atoms. The van der Waals surface area contributed by atoms with Crippen LogP contribution in [0.4, 0.5) is 11.8 Å². The molecule has 3 rings (SSSR count). The number of hydrogen-bond acceptors (Lipinski definition) is 6. The highest BCUT2D eigenvalue weighted by Gasteiger charge is 2.17. The first-order chi connectivity index (χ1) is 11.2. The van der Waals surface area contributed by atoms with Crippen molar-refractivity contribution >= 4 is 11.8 Å². The van der Waals surface area contributed by atoms with Gasteiger partial charge in [-0.2, -0.15) is 4.98 Å². The van der Waals surface area contributed by atoms with Gasteiger partial charge in [-0.05, 0) is 38.0 Å². The number of ether oxygens (including phenoxy) is 1. The number of hydrogen-bond donors (Lipinski definition) is 1. The molecule has 6 nitrogen and oxygen atoms in total. The van der Waals surface area contributed by atoms with Crippen LogP contribution in [0.5, 0.6) is 0 Å². The van der Waals surface area contributed by atoms with Crippen LogP contribution in [0.15, 0.2) is 36.7 Å². The third-order valence-electron chi connectivity index (χ3n) is 4.17. The van der Waals surface area contributed by atoms with Gasteiger partial charge in [0.1, 0.15) is 5.82 Å². The first kappa shape index (κ1) is 15.7. The summed E-state index contributed by atoms with van der Waals surface area (Å²) in [5, 5.41) is 3.44. The predicted molar refractivity (Wildman–Crippen MR) is 90.6 cm³/mol. The molecule has 0 aromatic carbocycles. The lowest BCUT2D eigenvalue weighted by atomic mass is 10.1. The van der Waals surface area contributed by atoms with Crippen molar-refractivity contribution in [3.05, 3.63) is 42.4 Å². The number of aromatic nitrogens is 3. The Balaban J connectivity index is 1.71. The Labute approximate surface area is 136 Å². The molecular weight excluding hydrogens is 290 g/mol. The summed E-state index contributed by atoms with van der Waals surface area (Å²) in [5.41, 5.74) is 0.998. The fourth-order valence-corrected chi connectivity index (χ4v) is 2.66. The van der Waals surface area contributed by atoms with Crippen LogP contribution >= 0.6 is 0 Å². The van der Waals surface area contributed by atoms with E-state index >= 15 is 0 Å². The van der Waals surface area contributed by atoms with Crippen molar-refractivity contribution in [1.82, 2.24) is 15.0 Å². The fraction of sp³-hybridized carbons (Fsp3) is 0.471. The lowest BCUT2D eigenvalue weighted by Crippen LogP contribution is -2.31. The van der Waals surface area contributed by atoms with E-state index in [9.17, 15) is 0 Å². The van der Waals surface area contributed by atoms with E-state index in [1.165, 1.54) is 0 Å². The monoisotopic (exact) mass is 313 g/mol. The number of anilines is 2. The second-order valence-electron chi connectivity index (χ2n) is 5.84. The van der Waals surface area contributed by atoms with Gasteiger partial charge in [0.05, 0.1) is 24.4 Å². The molecule has 2 aromatic rings. The van der Waals surface area contributed by atoms with E-state index in [-0.39, 0.29) is 6.04 Å². The van der Waals surface area contributed by atoms with Gasteiger partial charge in [0.2, 0.25) is 5.95 Å². The number of pyridine rings is 1. The predicted octanol–water partition coefficient (Wildman–Crippen LogP) is 2.66. The van der Waals surface area contributed by atoms with Crippen LogP contribution in [0, 0.1) is 0 Å². The second kappa shape index (κ2) is 7.37. The minimum atomic E-state index is 0.101. The third-order valence-corrected chi connectivity index (χ3v) is 4.17. The summed E-state index contributed by atoms with van der Waals surface area (Å²) in [6.07, 6.45) is 5.79. The van der Waals surface area contributed by atoms with Crippen LogP contribution in [0.1, 0.15) is 31.5 Å². The quantitative estimate of drug-likeness (QED) is 0.915. The summed E-state index contributed by atoms with van der Waals surface area (Å²) in [4.78, 5) is 15.5. The Morgan fingerprint density at radius 2 is 2.17 bits per heavy atom. The molecule has 0 amide bonds. The van der Waals surface area contributed by atoms with Gasteiger partial charge in [0.25, 0.3) is 0 Å². The molecule has 1 aliphatic heterocycles. The van der Waals surface area contributed by atoms with Crippen molar-refractivity contribution in [3.63, 3.8) is 0 Å². The zero-order valence-corrected chi connectivity index (χ0v) is 13.6. The lowest BCUT2D eigenvalue weighted by Gasteiger charge is -2.26. The van der Waals surface area contributed by atoms with E-state index in [1.54, 1.807) is 6.20 Å². The largest absolute Gasteiger partial charge is 0.379 e. The van der Waals surface area contributed by atoms with E-state index in [2.05, 4.69) is 27.2 Å². The Hall–Kier alpha value is -2.21. The molecule has 1 aliphatic rings. The Morgan fingerprint density at radius 1 is 1.26 bits per heavy atom. The summed E-state index contributed by atoms with van der Waals surface area (Å²) < 4.78 is 5.50. The maximum atomic E-state index is 5.50. The summed E-state index contributed by atoms with van der Waals surface area (Å²) in [6.45, 7) is 3.69. The molecule has 23 heavy (non-hydrogen) atoms. The molecule has 122 valence electrons. The number of nitrogens with one attached hydrogen (secondary N) is 1. The minimum Gasteiger partial charge on any atom is -0.379 e. The Bertz CT molecular complexity index is 615. The second-order valence-corrected chi connectivity index (χ2v) is 5.84. The van der Waals surface area contributed by atoms with Crippen molar-refractivity contribution < 1.29 is 4.74 Å². The van der Waals surface area contributed by atoms with Crippen LogP contribution in [0.2, 0.25) is 0 Å². The molecule has 0 radical (unpaired) electrons. The van der Waals surface area contributed by atoms with Crippen LogP contribution in [-0.2, 0) is 4.74 Å². The van der Waals surface area contributed by atoms with Gasteiger partial charge >= 0.3 is 0 Å². The normalized spacial score (nSPS) is 19.1. The minimum absolute atomic E-state index is 0.101. The molecule has 0 saturated carbocycles. The van der Waals surface area contributed by atoms with Gasteiger partial charge in [-0.3, -0.25) is 4.98 Å². The fourth-order valence-electron chi connectivity index (χ4n) is 2.66. The van der Waals surface area contributed by atoms with Crippen LogP contribution in [0.25, 0.3) is 0 Å². The molecule has 0 aliphatic carbocycles. The van der Waals surface area contributed by atoms with Crippen molar-refractivity contribution in [2.75, 3.05) is 30.5 Å². The molecule has 0 spiro atoms. The van der Waals surface area contributed by atoms with E-state index in [0.29, 0.717) is 12.0 Å².